The Morgan fingerprint density at radius 1 is 1.17 bits per heavy atom. The highest BCUT2D eigenvalue weighted by molar-refractivity contribution is 5.97. The Balaban J connectivity index is 1.88. The van der Waals surface area contributed by atoms with E-state index in [-0.39, 0.29) is 17.7 Å². The van der Waals surface area contributed by atoms with Gasteiger partial charge in [-0.05, 0) is 30.7 Å². The van der Waals surface area contributed by atoms with Gasteiger partial charge in [0.15, 0.2) is 6.29 Å². The molecule has 0 saturated carbocycles. The van der Waals surface area contributed by atoms with Gasteiger partial charge >= 0.3 is 11.9 Å². The Morgan fingerprint density at radius 2 is 1.87 bits per heavy atom. The molecule has 0 amide bonds. The molecule has 1 aliphatic rings. The molecular formula is C18H14O5. The van der Waals surface area contributed by atoms with Crippen LogP contribution in [0.2, 0.25) is 0 Å². The van der Waals surface area contributed by atoms with E-state index in [1.807, 2.05) is 0 Å². The number of ether oxygens (including phenoxy) is 2. The summed E-state index contributed by atoms with van der Waals surface area (Å²) in [5.41, 5.74) is 0.00598. The van der Waals surface area contributed by atoms with Gasteiger partial charge in [0.05, 0.1) is 11.1 Å². The lowest BCUT2D eigenvalue weighted by molar-refractivity contribution is -0.155. The van der Waals surface area contributed by atoms with E-state index in [1.54, 1.807) is 42.5 Å². The minimum absolute atomic E-state index is 0.142. The van der Waals surface area contributed by atoms with Gasteiger partial charge in [0.25, 0.3) is 0 Å². The van der Waals surface area contributed by atoms with Gasteiger partial charge in [0, 0.05) is 6.42 Å². The summed E-state index contributed by atoms with van der Waals surface area (Å²) in [6, 6.07) is 13.3. The largest absolute Gasteiger partial charge is 0.443 e. The Morgan fingerprint density at radius 3 is 2.65 bits per heavy atom. The van der Waals surface area contributed by atoms with Gasteiger partial charge in [-0.3, -0.25) is 4.79 Å². The lowest BCUT2D eigenvalue weighted by Gasteiger charge is -2.32. The van der Waals surface area contributed by atoms with E-state index in [9.17, 15) is 14.4 Å². The molecular weight excluding hydrogens is 296 g/mol. The number of aldehydes is 1. The standard InChI is InChI=1S/C18H14O5/c1-18(10-12-6-2-4-8-14(12)16(20)23-18)17(21)22-15-9-5-3-7-13(15)11-19/h2-9,11H,10H2,1H3/t18-/m1/s1. The van der Waals surface area contributed by atoms with Gasteiger partial charge in [-0.2, -0.15) is 0 Å². The van der Waals surface area contributed by atoms with Gasteiger partial charge in [0.1, 0.15) is 5.75 Å². The van der Waals surface area contributed by atoms with Crippen LogP contribution in [0, 0.1) is 0 Å². The second-order valence-corrected chi connectivity index (χ2v) is 5.50. The van der Waals surface area contributed by atoms with Crippen molar-refractivity contribution in [3.63, 3.8) is 0 Å². The SMILES string of the molecule is C[C@]1(C(=O)Oc2ccccc2C=O)Cc2ccccc2C(=O)O1. The average molecular weight is 310 g/mol. The van der Waals surface area contributed by atoms with E-state index < -0.39 is 17.5 Å². The molecule has 0 aromatic heterocycles. The van der Waals surface area contributed by atoms with Crippen molar-refractivity contribution in [2.24, 2.45) is 0 Å². The summed E-state index contributed by atoms with van der Waals surface area (Å²) in [5.74, 6) is -1.13. The second-order valence-electron chi connectivity index (χ2n) is 5.50. The van der Waals surface area contributed by atoms with Gasteiger partial charge in [-0.15, -0.1) is 0 Å². The predicted octanol–water partition coefficient (Wildman–Crippen LogP) is 2.58. The molecule has 5 heteroatoms. The number of esters is 2. The molecule has 116 valence electrons. The summed E-state index contributed by atoms with van der Waals surface area (Å²) in [4.78, 5) is 35.6. The fraction of sp³-hybridized carbons (Fsp3) is 0.167. The molecule has 0 fully saturated rings. The number of rotatable bonds is 3. The molecule has 0 aliphatic carbocycles. The molecule has 1 atom stereocenters. The van der Waals surface area contributed by atoms with E-state index in [0.29, 0.717) is 11.8 Å². The molecule has 2 aromatic carbocycles. The maximum absolute atomic E-state index is 12.5. The van der Waals surface area contributed by atoms with Crippen molar-refractivity contribution in [2.45, 2.75) is 18.9 Å². The second kappa shape index (κ2) is 5.68. The van der Waals surface area contributed by atoms with E-state index in [0.717, 1.165) is 5.56 Å². The highest BCUT2D eigenvalue weighted by atomic mass is 16.6. The van der Waals surface area contributed by atoms with Gasteiger partial charge in [-0.25, -0.2) is 9.59 Å². The van der Waals surface area contributed by atoms with Crippen LogP contribution in [-0.2, 0) is 16.0 Å². The molecule has 0 unspecified atom stereocenters. The van der Waals surface area contributed by atoms with Crippen molar-refractivity contribution in [3.8, 4) is 5.75 Å². The summed E-state index contributed by atoms with van der Waals surface area (Å²) in [6.45, 7) is 1.51. The molecule has 5 nitrogen and oxygen atoms in total. The van der Waals surface area contributed by atoms with Gasteiger partial charge in [0.2, 0.25) is 5.60 Å². The molecule has 2 aromatic rings. The molecule has 0 bridgehead atoms. The first-order valence-electron chi connectivity index (χ1n) is 7.11. The van der Waals surface area contributed by atoms with Crippen molar-refractivity contribution in [2.75, 3.05) is 0 Å². The van der Waals surface area contributed by atoms with Crippen LogP contribution in [0.1, 0.15) is 33.2 Å². The quantitative estimate of drug-likeness (QED) is 0.495. The number of fused-ring (bicyclic) bond motifs is 1. The van der Waals surface area contributed by atoms with Crippen LogP contribution in [0.25, 0.3) is 0 Å². The fourth-order valence-corrected chi connectivity index (χ4v) is 2.53. The van der Waals surface area contributed by atoms with Gasteiger partial charge in [-0.1, -0.05) is 30.3 Å². The number of carbonyl (C=O) groups is 3. The van der Waals surface area contributed by atoms with Crippen LogP contribution in [0.4, 0.5) is 0 Å². The van der Waals surface area contributed by atoms with E-state index in [4.69, 9.17) is 9.47 Å². The summed E-state index contributed by atoms with van der Waals surface area (Å²) in [6.07, 6.45) is 0.824. The Labute approximate surface area is 132 Å². The maximum Gasteiger partial charge on any atom is 0.356 e. The van der Waals surface area contributed by atoms with Crippen molar-refractivity contribution < 1.29 is 23.9 Å². The monoisotopic (exact) mass is 310 g/mol. The van der Waals surface area contributed by atoms with E-state index >= 15 is 0 Å². The first kappa shape index (κ1) is 15.0. The maximum atomic E-state index is 12.5. The zero-order chi connectivity index (χ0) is 16.4. The molecule has 1 aliphatic heterocycles. The van der Waals surface area contributed by atoms with Crippen molar-refractivity contribution in [1.29, 1.82) is 0 Å². The lowest BCUT2D eigenvalue weighted by Crippen LogP contribution is -2.48. The topological polar surface area (TPSA) is 69.7 Å². The molecule has 0 spiro atoms. The number of carbonyl (C=O) groups excluding carboxylic acids is 3. The molecule has 23 heavy (non-hydrogen) atoms. The zero-order valence-corrected chi connectivity index (χ0v) is 12.4. The third-order valence-electron chi connectivity index (χ3n) is 3.76. The van der Waals surface area contributed by atoms with Crippen molar-refractivity contribution >= 4 is 18.2 Å². The smallest absolute Gasteiger partial charge is 0.356 e. The third-order valence-corrected chi connectivity index (χ3v) is 3.76. The van der Waals surface area contributed by atoms with Crippen LogP contribution in [0.3, 0.4) is 0 Å². The number of para-hydroxylation sites is 1. The van der Waals surface area contributed by atoms with Crippen LogP contribution in [0.5, 0.6) is 5.75 Å². The van der Waals surface area contributed by atoms with E-state index in [2.05, 4.69) is 0 Å². The average Bonchev–Trinajstić information content (AvgIpc) is 2.55. The number of cyclic esters (lactones) is 1. The first-order chi connectivity index (χ1) is 11.0. The van der Waals surface area contributed by atoms with Crippen LogP contribution >= 0.6 is 0 Å². The minimum atomic E-state index is -1.43. The Kier molecular flexibility index (Phi) is 3.70. The Hall–Kier alpha value is -2.95. The molecule has 3 rings (SSSR count). The number of benzene rings is 2. The van der Waals surface area contributed by atoms with Crippen molar-refractivity contribution in [3.05, 3.63) is 65.2 Å². The summed E-state index contributed by atoms with van der Waals surface area (Å²) >= 11 is 0. The van der Waals surface area contributed by atoms with Crippen LogP contribution < -0.4 is 4.74 Å². The van der Waals surface area contributed by atoms with Crippen LogP contribution in [0.15, 0.2) is 48.5 Å². The van der Waals surface area contributed by atoms with E-state index in [1.165, 1.54) is 13.0 Å². The van der Waals surface area contributed by atoms with Crippen LogP contribution in [-0.4, -0.2) is 23.8 Å². The fourth-order valence-electron chi connectivity index (χ4n) is 2.53. The summed E-state index contributed by atoms with van der Waals surface area (Å²) < 4.78 is 10.6. The Bertz CT molecular complexity index is 796. The normalized spacial score (nSPS) is 19.4. The number of hydrogen-bond acceptors (Lipinski definition) is 5. The minimum Gasteiger partial charge on any atom is -0.443 e. The van der Waals surface area contributed by atoms with Gasteiger partial charge < -0.3 is 9.47 Å². The predicted molar refractivity (Wildman–Crippen MR) is 81.4 cm³/mol. The molecule has 0 N–H and O–H groups in total. The van der Waals surface area contributed by atoms with Crippen molar-refractivity contribution in [1.82, 2.24) is 0 Å². The molecule has 0 saturated heterocycles. The summed E-state index contributed by atoms with van der Waals surface area (Å²) in [5, 5.41) is 0. The summed E-state index contributed by atoms with van der Waals surface area (Å²) in [7, 11) is 0. The number of hydrogen-bond donors (Lipinski definition) is 0. The first-order valence-corrected chi connectivity index (χ1v) is 7.11. The molecule has 1 heterocycles. The lowest BCUT2D eigenvalue weighted by atomic mass is 9.90. The molecule has 0 radical (unpaired) electrons. The zero-order valence-electron chi connectivity index (χ0n) is 12.4. The highest BCUT2D eigenvalue weighted by Gasteiger charge is 2.44. The highest BCUT2D eigenvalue weighted by Crippen LogP contribution is 2.30. The third kappa shape index (κ3) is 2.73.